The van der Waals surface area contributed by atoms with Gasteiger partial charge in [-0.3, -0.25) is 0 Å². The third kappa shape index (κ3) is 3.67. The molecule has 1 atom stereocenters. The average Bonchev–Trinajstić information content (AvgIpc) is 2.38. The number of benzene rings is 1. The van der Waals surface area contributed by atoms with E-state index in [0.29, 0.717) is 12.6 Å². The van der Waals surface area contributed by atoms with Crippen LogP contribution in [0.2, 0.25) is 0 Å². The Morgan fingerprint density at radius 1 is 1.37 bits per heavy atom. The number of likely N-dealkylation sites (N-methyl/N-ethyl adjacent to an activating group) is 1. The molecule has 0 amide bonds. The summed E-state index contributed by atoms with van der Waals surface area (Å²) in [4.78, 5) is 4.57. The highest BCUT2D eigenvalue weighted by molar-refractivity contribution is 5.49. The number of piperidine rings is 1. The summed E-state index contributed by atoms with van der Waals surface area (Å²) >= 11 is 0. The van der Waals surface area contributed by atoms with Crippen LogP contribution in [-0.4, -0.2) is 45.2 Å². The van der Waals surface area contributed by atoms with Gasteiger partial charge in [0.15, 0.2) is 0 Å². The van der Waals surface area contributed by atoms with Gasteiger partial charge in [-0.15, -0.1) is 0 Å². The van der Waals surface area contributed by atoms with Crippen molar-refractivity contribution in [3.63, 3.8) is 0 Å². The van der Waals surface area contributed by atoms with Gasteiger partial charge in [0.1, 0.15) is 5.82 Å². The molecule has 1 unspecified atom stereocenters. The third-order valence-corrected chi connectivity index (χ3v) is 3.82. The predicted octanol–water partition coefficient (Wildman–Crippen LogP) is 2.08. The second kappa shape index (κ2) is 6.35. The number of nitrogens with zero attached hydrogens (tertiary/aromatic N) is 2. The van der Waals surface area contributed by atoms with E-state index in [-0.39, 0.29) is 5.82 Å². The number of rotatable bonds is 4. The standard InChI is InChI=1S/C15H24FN3/c1-17-10-12-7-13(16)9-15(8-12)19-6-4-5-14(11-19)18(2)3/h7-9,14,17H,4-6,10-11H2,1-3H3. The number of nitrogens with one attached hydrogen (secondary N) is 1. The molecule has 1 aromatic rings. The molecule has 0 radical (unpaired) electrons. The molecule has 1 aliphatic heterocycles. The Balaban J connectivity index is 2.16. The molecule has 1 fully saturated rings. The monoisotopic (exact) mass is 265 g/mol. The molecule has 0 bridgehead atoms. The lowest BCUT2D eigenvalue weighted by Crippen LogP contribution is -2.45. The molecule has 0 saturated carbocycles. The summed E-state index contributed by atoms with van der Waals surface area (Å²) in [7, 11) is 6.12. The SMILES string of the molecule is CNCc1cc(F)cc(N2CCCC(N(C)C)C2)c1. The van der Waals surface area contributed by atoms with Crippen molar-refractivity contribution in [3.05, 3.63) is 29.6 Å². The van der Waals surface area contributed by atoms with E-state index in [0.717, 1.165) is 24.3 Å². The van der Waals surface area contributed by atoms with Gasteiger partial charge in [-0.1, -0.05) is 0 Å². The molecule has 106 valence electrons. The van der Waals surface area contributed by atoms with Crippen LogP contribution in [0.1, 0.15) is 18.4 Å². The van der Waals surface area contributed by atoms with E-state index >= 15 is 0 Å². The van der Waals surface area contributed by atoms with E-state index in [1.54, 1.807) is 12.1 Å². The molecule has 1 N–H and O–H groups in total. The number of halogens is 1. The Morgan fingerprint density at radius 2 is 2.16 bits per heavy atom. The fourth-order valence-electron chi connectivity index (χ4n) is 2.73. The Morgan fingerprint density at radius 3 is 2.84 bits per heavy atom. The van der Waals surface area contributed by atoms with Gasteiger partial charge in [0.25, 0.3) is 0 Å². The lowest BCUT2D eigenvalue weighted by Gasteiger charge is -2.37. The van der Waals surface area contributed by atoms with Crippen molar-refractivity contribution >= 4 is 5.69 Å². The minimum atomic E-state index is -0.144. The molecular formula is C15H24FN3. The third-order valence-electron chi connectivity index (χ3n) is 3.82. The summed E-state index contributed by atoms with van der Waals surface area (Å²) in [6, 6.07) is 5.91. The Labute approximate surface area is 115 Å². The van der Waals surface area contributed by atoms with Crippen LogP contribution in [0.25, 0.3) is 0 Å². The summed E-state index contributed by atoms with van der Waals surface area (Å²) in [5.74, 6) is -0.144. The Kier molecular flexibility index (Phi) is 4.77. The minimum Gasteiger partial charge on any atom is -0.370 e. The first-order valence-electron chi connectivity index (χ1n) is 6.95. The average molecular weight is 265 g/mol. The highest BCUT2D eigenvalue weighted by Crippen LogP contribution is 2.24. The number of hydrogen-bond acceptors (Lipinski definition) is 3. The molecule has 1 heterocycles. The van der Waals surface area contributed by atoms with Crippen molar-refractivity contribution in [2.45, 2.75) is 25.4 Å². The number of hydrogen-bond donors (Lipinski definition) is 1. The molecule has 3 nitrogen and oxygen atoms in total. The summed E-state index contributed by atoms with van der Waals surface area (Å²) < 4.78 is 13.7. The smallest absolute Gasteiger partial charge is 0.125 e. The van der Waals surface area contributed by atoms with Gasteiger partial charge in [-0.05, 0) is 57.7 Å². The van der Waals surface area contributed by atoms with Crippen LogP contribution in [0, 0.1) is 5.82 Å². The van der Waals surface area contributed by atoms with E-state index in [2.05, 4.69) is 35.3 Å². The first-order valence-corrected chi connectivity index (χ1v) is 6.95. The van der Waals surface area contributed by atoms with Crippen LogP contribution in [0.15, 0.2) is 18.2 Å². The zero-order chi connectivity index (χ0) is 13.8. The zero-order valence-corrected chi connectivity index (χ0v) is 12.1. The number of anilines is 1. The molecule has 19 heavy (non-hydrogen) atoms. The van der Waals surface area contributed by atoms with Crippen LogP contribution < -0.4 is 10.2 Å². The molecule has 2 rings (SSSR count). The maximum atomic E-state index is 13.7. The van der Waals surface area contributed by atoms with Crippen LogP contribution in [0.5, 0.6) is 0 Å². The van der Waals surface area contributed by atoms with Crippen molar-refractivity contribution in [2.24, 2.45) is 0 Å². The molecule has 0 aliphatic carbocycles. The van der Waals surface area contributed by atoms with Gasteiger partial charge in [-0.2, -0.15) is 0 Å². The highest BCUT2D eigenvalue weighted by Gasteiger charge is 2.22. The normalized spacial score (nSPS) is 20.1. The van der Waals surface area contributed by atoms with Crippen LogP contribution in [0.4, 0.5) is 10.1 Å². The van der Waals surface area contributed by atoms with E-state index in [1.807, 2.05) is 7.05 Å². The highest BCUT2D eigenvalue weighted by atomic mass is 19.1. The van der Waals surface area contributed by atoms with E-state index in [9.17, 15) is 4.39 Å². The summed E-state index contributed by atoms with van der Waals surface area (Å²) in [6.07, 6.45) is 2.39. The van der Waals surface area contributed by atoms with Crippen molar-refractivity contribution in [3.8, 4) is 0 Å². The van der Waals surface area contributed by atoms with Gasteiger partial charge in [0, 0.05) is 31.4 Å². The first kappa shape index (κ1) is 14.3. The predicted molar refractivity (Wildman–Crippen MR) is 78.1 cm³/mol. The maximum Gasteiger partial charge on any atom is 0.125 e. The first-order chi connectivity index (χ1) is 9.10. The van der Waals surface area contributed by atoms with Crippen molar-refractivity contribution in [2.75, 3.05) is 39.1 Å². The molecule has 1 aromatic carbocycles. The van der Waals surface area contributed by atoms with Crippen LogP contribution in [-0.2, 0) is 6.54 Å². The van der Waals surface area contributed by atoms with Crippen molar-refractivity contribution in [1.82, 2.24) is 10.2 Å². The minimum absolute atomic E-state index is 0.144. The molecule has 4 heteroatoms. The summed E-state index contributed by atoms with van der Waals surface area (Å²) in [5.41, 5.74) is 2.02. The Hall–Kier alpha value is -1.13. The molecule has 1 aliphatic rings. The van der Waals surface area contributed by atoms with Gasteiger partial charge in [0.2, 0.25) is 0 Å². The molecular weight excluding hydrogens is 241 g/mol. The van der Waals surface area contributed by atoms with Crippen molar-refractivity contribution in [1.29, 1.82) is 0 Å². The van der Waals surface area contributed by atoms with Gasteiger partial charge in [-0.25, -0.2) is 4.39 Å². The lowest BCUT2D eigenvalue weighted by molar-refractivity contribution is 0.258. The lowest BCUT2D eigenvalue weighted by atomic mass is 10.0. The quantitative estimate of drug-likeness (QED) is 0.899. The van der Waals surface area contributed by atoms with Crippen molar-refractivity contribution < 1.29 is 4.39 Å². The fourth-order valence-corrected chi connectivity index (χ4v) is 2.73. The summed E-state index contributed by atoms with van der Waals surface area (Å²) in [6.45, 7) is 2.71. The largest absolute Gasteiger partial charge is 0.370 e. The second-order valence-corrected chi connectivity index (χ2v) is 5.55. The van der Waals surface area contributed by atoms with E-state index < -0.39 is 0 Å². The summed E-state index contributed by atoms with van der Waals surface area (Å²) in [5, 5.41) is 3.07. The molecule has 0 spiro atoms. The topological polar surface area (TPSA) is 18.5 Å². The van der Waals surface area contributed by atoms with Gasteiger partial charge >= 0.3 is 0 Å². The van der Waals surface area contributed by atoms with Crippen LogP contribution in [0.3, 0.4) is 0 Å². The van der Waals surface area contributed by atoms with Gasteiger partial charge < -0.3 is 15.1 Å². The maximum absolute atomic E-state index is 13.7. The second-order valence-electron chi connectivity index (χ2n) is 5.55. The molecule has 0 aromatic heterocycles. The van der Waals surface area contributed by atoms with E-state index in [4.69, 9.17) is 0 Å². The van der Waals surface area contributed by atoms with Gasteiger partial charge in [0.05, 0.1) is 0 Å². The van der Waals surface area contributed by atoms with Crippen LogP contribution >= 0.6 is 0 Å². The fraction of sp³-hybridized carbons (Fsp3) is 0.600. The molecule has 1 saturated heterocycles. The Bertz CT molecular complexity index is 420. The zero-order valence-electron chi connectivity index (χ0n) is 12.1. The van der Waals surface area contributed by atoms with E-state index in [1.165, 1.54) is 12.8 Å².